The van der Waals surface area contributed by atoms with Gasteiger partial charge in [-0.15, -0.1) is 0 Å². The highest BCUT2D eigenvalue weighted by Gasteiger charge is 2.54. The summed E-state index contributed by atoms with van der Waals surface area (Å²) in [6, 6.07) is 12.0. The molecule has 4 aromatic rings. The number of ketones is 2. The average molecular weight is 548 g/mol. The zero-order chi connectivity index (χ0) is 27.7. The summed E-state index contributed by atoms with van der Waals surface area (Å²) in [4.78, 5) is 46.5. The molecule has 2 aromatic carbocycles. The number of nitrogens with two attached hydrogens (primary N) is 1. The molecule has 5 rings (SSSR count). The number of pyridine rings is 2. The van der Waals surface area contributed by atoms with E-state index in [1.54, 1.807) is 30.3 Å². The SMILES string of the molecule is COc1cc2nccc(Oc3ncc(CC(=O)C4(C(=O)Cc5ccc(F)cc5)CC4)cc3Cl)c2cc1C(N)=O. The maximum atomic E-state index is 13.2. The molecule has 8 nitrogen and oxygen atoms in total. The number of ether oxygens (including phenoxy) is 2. The van der Waals surface area contributed by atoms with E-state index in [4.69, 9.17) is 26.8 Å². The number of methoxy groups -OCH3 is 1. The molecule has 198 valence electrons. The van der Waals surface area contributed by atoms with Crippen LogP contribution in [0, 0.1) is 11.2 Å². The Kier molecular flexibility index (Phi) is 7.01. The number of nitrogens with zero attached hydrogens (tertiary/aromatic N) is 2. The van der Waals surface area contributed by atoms with Gasteiger partial charge in [0.05, 0.1) is 23.6 Å². The number of Topliss-reactive ketones (excluding diaryl/α,β-unsaturated/α-hetero) is 2. The van der Waals surface area contributed by atoms with Crippen LogP contribution < -0.4 is 15.2 Å². The molecule has 39 heavy (non-hydrogen) atoms. The van der Waals surface area contributed by atoms with Crippen molar-refractivity contribution in [1.29, 1.82) is 0 Å². The summed E-state index contributed by atoms with van der Waals surface area (Å²) in [5.74, 6) is -0.707. The normalized spacial score (nSPS) is 13.6. The predicted molar refractivity (Wildman–Crippen MR) is 142 cm³/mol. The molecule has 0 bridgehead atoms. The van der Waals surface area contributed by atoms with Crippen LogP contribution in [0.15, 0.2) is 60.9 Å². The van der Waals surface area contributed by atoms with Gasteiger partial charge < -0.3 is 15.2 Å². The van der Waals surface area contributed by atoms with Crippen molar-refractivity contribution in [3.63, 3.8) is 0 Å². The highest BCUT2D eigenvalue weighted by molar-refractivity contribution is 6.32. The lowest BCUT2D eigenvalue weighted by Gasteiger charge is -2.14. The van der Waals surface area contributed by atoms with Crippen molar-refractivity contribution in [3.8, 4) is 17.4 Å². The van der Waals surface area contributed by atoms with E-state index >= 15 is 0 Å². The minimum atomic E-state index is -1.02. The molecule has 1 aliphatic carbocycles. The van der Waals surface area contributed by atoms with Crippen molar-refractivity contribution in [2.24, 2.45) is 11.1 Å². The third kappa shape index (κ3) is 5.31. The van der Waals surface area contributed by atoms with Crippen LogP contribution in [0.3, 0.4) is 0 Å². The first kappa shape index (κ1) is 26.2. The number of rotatable bonds is 10. The van der Waals surface area contributed by atoms with Crippen molar-refractivity contribution in [2.45, 2.75) is 25.7 Å². The van der Waals surface area contributed by atoms with Crippen molar-refractivity contribution < 1.29 is 28.2 Å². The third-order valence-electron chi connectivity index (χ3n) is 6.82. The van der Waals surface area contributed by atoms with Crippen molar-refractivity contribution in [2.75, 3.05) is 7.11 Å². The minimum Gasteiger partial charge on any atom is -0.496 e. The Morgan fingerprint density at radius 3 is 2.28 bits per heavy atom. The van der Waals surface area contributed by atoms with Crippen LogP contribution in [0.5, 0.6) is 17.4 Å². The van der Waals surface area contributed by atoms with E-state index in [1.165, 1.54) is 37.7 Å². The monoisotopic (exact) mass is 547 g/mol. The van der Waals surface area contributed by atoms with E-state index in [1.807, 2.05) is 0 Å². The number of aromatic nitrogens is 2. The molecular formula is C29H23ClFN3O5. The van der Waals surface area contributed by atoms with E-state index in [9.17, 15) is 18.8 Å². The number of carbonyl (C=O) groups is 3. The van der Waals surface area contributed by atoms with Crippen LogP contribution in [0.1, 0.15) is 34.3 Å². The molecule has 0 saturated heterocycles. The quantitative estimate of drug-likeness (QED) is 0.276. The maximum absolute atomic E-state index is 13.2. The first-order valence-electron chi connectivity index (χ1n) is 12.1. The largest absolute Gasteiger partial charge is 0.496 e. The molecule has 0 radical (unpaired) electrons. The average Bonchev–Trinajstić information content (AvgIpc) is 3.73. The fourth-order valence-corrected chi connectivity index (χ4v) is 4.72. The highest BCUT2D eigenvalue weighted by Crippen LogP contribution is 2.49. The molecule has 0 aliphatic heterocycles. The molecule has 1 aliphatic rings. The maximum Gasteiger partial charge on any atom is 0.252 e. The van der Waals surface area contributed by atoms with Crippen LogP contribution in [0.25, 0.3) is 10.9 Å². The molecule has 1 amide bonds. The second-order valence-electron chi connectivity index (χ2n) is 9.38. The van der Waals surface area contributed by atoms with Gasteiger partial charge in [0.1, 0.15) is 22.3 Å². The molecule has 2 N–H and O–H groups in total. The fourth-order valence-electron chi connectivity index (χ4n) is 4.49. The van der Waals surface area contributed by atoms with Gasteiger partial charge >= 0.3 is 0 Å². The van der Waals surface area contributed by atoms with E-state index in [0.717, 1.165) is 0 Å². The standard InChI is InChI=1S/C29H23ClFN3O5/c1-38-24-14-22-19(13-20(24)27(32)37)23(6-9-33-22)39-28-21(30)10-17(15-34-28)12-26(36)29(7-8-29)25(35)11-16-2-4-18(31)5-3-16/h2-6,9-10,13-15H,7-8,11-12H2,1H3,(H2,32,37). The summed E-state index contributed by atoms with van der Waals surface area (Å²) in [5.41, 5.74) is 6.34. The lowest BCUT2D eigenvalue weighted by Crippen LogP contribution is -2.29. The van der Waals surface area contributed by atoms with Gasteiger partial charge in [0.15, 0.2) is 11.6 Å². The topological polar surface area (TPSA) is 121 Å². The molecule has 2 aromatic heterocycles. The van der Waals surface area contributed by atoms with E-state index < -0.39 is 11.3 Å². The summed E-state index contributed by atoms with van der Waals surface area (Å²) in [5, 5.41) is 0.663. The van der Waals surface area contributed by atoms with Crippen molar-refractivity contribution in [3.05, 3.63) is 88.5 Å². The Morgan fingerprint density at radius 2 is 1.67 bits per heavy atom. The summed E-state index contributed by atoms with van der Waals surface area (Å²) in [7, 11) is 1.43. The molecule has 1 saturated carbocycles. The molecule has 0 atom stereocenters. The zero-order valence-corrected chi connectivity index (χ0v) is 21.6. The predicted octanol–water partition coefficient (Wildman–Crippen LogP) is 5.03. The molecule has 10 heteroatoms. The summed E-state index contributed by atoms with van der Waals surface area (Å²) < 4.78 is 24.4. The number of fused-ring (bicyclic) bond motifs is 1. The Morgan fingerprint density at radius 1 is 0.974 bits per heavy atom. The van der Waals surface area contributed by atoms with Crippen LogP contribution in [-0.4, -0.2) is 34.6 Å². The Bertz CT molecular complexity index is 1620. The number of hydrogen-bond acceptors (Lipinski definition) is 7. The fraction of sp³-hybridized carbons (Fsp3) is 0.207. The molecule has 0 spiro atoms. The van der Waals surface area contributed by atoms with Crippen LogP contribution >= 0.6 is 11.6 Å². The van der Waals surface area contributed by atoms with Gasteiger partial charge in [-0.3, -0.25) is 19.4 Å². The first-order chi connectivity index (χ1) is 18.7. The van der Waals surface area contributed by atoms with E-state index in [0.29, 0.717) is 40.6 Å². The van der Waals surface area contributed by atoms with Crippen molar-refractivity contribution in [1.82, 2.24) is 9.97 Å². The van der Waals surface area contributed by atoms with Crippen LogP contribution in [-0.2, 0) is 22.4 Å². The van der Waals surface area contributed by atoms with Gasteiger partial charge in [-0.25, -0.2) is 9.37 Å². The molecule has 0 unspecified atom stereocenters. The van der Waals surface area contributed by atoms with Crippen molar-refractivity contribution >= 4 is 40.0 Å². The number of benzene rings is 2. The lowest BCUT2D eigenvalue weighted by molar-refractivity contribution is -0.133. The molecule has 2 heterocycles. The number of carbonyl (C=O) groups excluding carboxylic acids is 3. The number of halogens is 2. The summed E-state index contributed by atoms with van der Waals surface area (Å²) >= 11 is 6.45. The van der Waals surface area contributed by atoms with Gasteiger partial charge in [-0.05, 0) is 54.3 Å². The number of primary amides is 1. The Balaban J connectivity index is 1.32. The van der Waals surface area contributed by atoms with Gasteiger partial charge in [0, 0.05) is 36.7 Å². The second-order valence-corrected chi connectivity index (χ2v) is 9.79. The zero-order valence-electron chi connectivity index (χ0n) is 20.9. The third-order valence-corrected chi connectivity index (χ3v) is 7.09. The smallest absolute Gasteiger partial charge is 0.252 e. The first-order valence-corrected chi connectivity index (χ1v) is 12.5. The molecular weight excluding hydrogens is 525 g/mol. The van der Waals surface area contributed by atoms with Crippen LogP contribution in [0.2, 0.25) is 5.02 Å². The minimum absolute atomic E-state index is 0.0118. The van der Waals surface area contributed by atoms with E-state index in [-0.39, 0.29) is 52.4 Å². The number of hydrogen-bond donors (Lipinski definition) is 1. The Labute approximate surface area is 227 Å². The van der Waals surface area contributed by atoms with Gasteiger partial charge in [-0.2, -0.15) is 0 Å². The van der Waals surface area contributed by atoms with Gasteiger partial charge in [-0.1, -0.05) is 23.7 Å². The number of amides is 1. The van der Waals surface area contributed by atoms with Crippen LogP contribution in [0.4, 0.5) is 4.39 Å². The Hall–Kier alpha value is -4.37. The highest BCUT2D eigenvalue weighted by atomic mass is 35.5. The lowest BCUT2D eigenvalue weighted by atomic mass is 9.88. The second kappa shape index (κ2) is 10.4. The summed E-state index contributed by atoms with van der Waals surface area (Å²) in [6.07, 6.45) is 4.03. The summed E-state index contributed by atoms with van der Waals surface area (Å²) in [6.45, 7) is 0. The van der Waals surface area contributed by atoms with Gasteiger partial charge in [0.25, 0.3) is 5.91 Å². The molecule has 1 fully saturated rings. The van der Waals surface area contributed by atoms with Gasteiger partial charge in [0.2, 0.25) is 5.88 Å². The van der Waals surface area contributed by atoms with E-state index in [2.05, 4.69) is 9.97 Å².